The summed E-state index contributed by atoms with van der Waals surface area (Å²) in [6, 6.07) is 0. The molecule has 1 aliphatic carbocycles. The summed E-state index contributed by atoms with van der Waals surface area (Å²) >= 11 is 0. The highest BCUT2D eigenvalue weighted by Crippen LogP contribution is 2.27. The molecular weight excluding hydrogens is 112 g/mol. The van der Waals surface area contributed by atoms with Crippen LogP contribution in [-0.2, 0) is 5.11 Å². The van der Waals surface area contributed by atoms with E-state index in [2.05, 4.69) is 5.92 Å². The van der Waals surface area contributed by atoms with Crippen LogP contribution in [0.1, 0.15) is 32.1 Å². The van der Waals surface area contributed by atoms with Crippen molar-refractivity contribution in [1.29, 1.82) is 0 Å². The predicted molar refractivity (Wildman–Crippen MR) is 35.3 cm³/mol. The number of rotatable bonds is 0. The lowest BCUT2D eigenvalue weighted by atomic mass is 9.86. The van der Waals surface area contributed by atoms with Crippen molar-refractivity contribution >= 4 is 0 Å². The summed E-state index contributed by atoms with van der Waals surface area (Å²) in [5.41, 5.74) is -1.00. The van der Waals surface area contributed by atoms with Gasteiger partial charge in [0.05, 0.1) is 0 Å². The lowest BCUT2D eigenvalue weighted by Crippen LogP contribution is -2.27. The van der Waals surface area contributed by atoms with Crippen molar-refractivity contribution < 1.29 is 5.11 Å². The molecule has 0 bridgehead atoms. The molecule has 0 aromatic heterocycles. The van der Waals surface area contributed by atoms with Gasteiger partial charge >= 0.3 is 0 Å². The monoisotopic (exact) mass is 123 g/mol. The van der Waals surface area contributed by atoms with E-state index in [1.165, 1.54) is 6.42 Å². The highest BCUT2D eigenvalue weighted by molar-refractivity contribution is 5.07. The number of terminal acetylenes is 1. The van der Waals surface area contributed by atoms with E-state index in [-0.39, 0.29) is 0 Å². The van der Waals surface area contributed by atoms with E-state index in [1.807, 2.05) is 0 Å². The van der Waals surface area contributed by atoms with Crippen molar-refractivity contribution in [3.05, 3.63) is 0 Å². The standard InChI is InChI=1S/C8H11O/c1-2-8(9)6-4-3-5-7-8/h1H,3-7H2. The maximum atomic E-state index is 11.3. The van der Waals surface area contributed by atoms with E-state index in [0.29, 0.717) is 12.8 Å². The molecule has 49 valence electrons. The molecule has 0 aliphatic heterocycles. The highest BCUT2D eigenvalue weighted by Gasteiger charge is 2.28. The first-order valence-corrected chi connectivity index (χ1v) is 3.45. The molecule has 0 N–H and O–H groups in total. The first kappa shape index (κ1) is 6.64. The first-order valence-electron chi connectivity index (χ1n) is 3.45. The average molecular weight is 123 g/mol. The van der Waals surface area contributed by atoms with Crippen LogP contribution in [0, 0.1) is 12.3 Å². The number of hydrogen-bond acceptors (Lipinski definition) is 0. The SMILES string of the molecule is C#CC1([O])CCCCC1. The molecule has 1 radical (unpaired) electrons. The van der Waals surface area contributed by atoms with Gasteiger partial charge in [-0.2, -0.15) is 0 Å². The summed E-state index contributed by atoms with van der Waals surface area (Å²) in [4.78, 5) is 0. The second kappa shape index (κ2) is 2.41. The summed E-state index contributed by atoms with van der Waals surface area (Å²) in [5, 5.41) is 11.3. The zero-order valence-corrected chi connectivity index (χ0v) is 5.52. The molecule has 0 atom stereocenters. The Balaban J connectivity index is 2.49. The molecule has 0 aromatic rings. The summed E-state index contributed by atoms with van der Waals surface area (Å²) in [6.45, 7) is 0. The average Bonchev–Trinajstić information content (AvgIpc) is 1.90. The van der Waals surface area contributed by atoms with Crippen molar-refractivity contribution in [3.8, 4) is 12.3 Å². The molecule has 1 nitrogen and oxygen atoms in total. The van der Waals surface area contributed by atoms with Gasteiger partial charge in [0.1, 0.15) is 0 Å². The Labute approximate surface area is 56.1 Å². The molecule has 9 heavy (non-hydrogen) atoms. The van der Waals surface area contributed by atoms with Gasteiger partial charge in [0, 0.05) is 0 Å². The van der Waals surface area contributed by atoms with Crippen molar-refractivity contribution in [2.75, 3.05) is 0 Å². The Bertz CT molecular complexity index is 126. The molecule has 1 fully saturated rings. The van der Waals surface area contributed by atoms with Crippen molar-refractivity contribution in [3.63, 3.8) is 0 Å². The van der Waals surface area contributed by atoms with E-state index in [0.717, 1.165) is 12.8 Å². The minimum atomic E-state index is -1.00. The Morgan fingerprint density at radius 1 is 1.22 bits per heavy atom. The molecule has 1 saturated carbocycles. The molecule has 0 heterocycles. The van der Waals surface area contributed by atoms with Crippen LogP contribution >= 0.6 is 0 Å². The Hall–Kier alpha value is -0.480. The second-order valence-corrected chi connectivity index (χ2v) is 2.70. The number of hydrogen-bond donors (Lipinski definition) is 0. The van der Waals surface area contributed by atoms with Crippen LogP contribution in [0.5, 0.6) is 0 Å². The molecule has 1 aliphatic rings. The van der Waals surface area contributed by atoms with Crippen LogP contribution in [0.15, 0.2) is 0 Å². The van der Waals surface area contributed by atoms with Gasteiger partial charge in [0.25, 0.3) is 0 Å². The third-order valence-corrected chi connectivity index (χ3v) is 1.92. The van der Waals surface area contributed by atoms with Gasteiger partial charge in [0.15, 0.2) is 5.60 Å². The van der Waals surface area contributed by atoms with Gasteiger partial charge in [-0.15, -0.1) is 6.42 Å². The Morgan fingerprint density at radius 2 is 1.78 bits per heavy atom. The molecule has 1 rings (SSSR count). The van der Waals surface area contributed by atoms with E-state index < -0.39 is 5.60 Å². The molecule has 0 saturated heterocycles. The highest BCUT2D eigenvalue weighted by atomic mass is 16.3. The van der Waals surface area contributed by atoms with Gasteiger partial charge in [-0.25, -0.2) is 5.11 Å². The Morgan fingerprint density at radius 3 is 2.11 bits per heavy atom. The summed E-state index contributed by atoms with van der Waals surface area (Å²) in [5.74, 6) is 2.32. The maximum absolute atomic E-state index is 11.3. The van der Waals surface area contributed by atoms with E-state index >= 15 is 0 Å². The van der Waals surface area contributed by atoms with Crippen LogP contribution in [0.2, 0.25) is 0 Å². The van der Waals surface area contributed by atoms with Crippen LogP contribution in [-0.4, -0.2) is 5.60 Å². The molecule has 0 unspecified atom stereocenters. The topological polar surface area (TPSA) is 19.9 Å². The fourth-order valence-corrected chi connectivity index (χ4v) is 1.27. The van der Waals surface area contributed by atoms with Gasteiger partial charge in [-0.1, -0.05) is 12.3 Å². The van der Waals surface area contributed by atoms with Crippen molar-refractivity contribution in [2.45, 2.75) is 37.7 Å². The van der Waals surface area contributed by atoms with Crippen molar-refractivity contribution in [2.24, 2.45) is 0 Å². The first-order chi connectivity index (χ1) is 4.27. The van der Waals surface area contributed by atoms with Crippen LogP contribution in [0.4, 0.5) is 0 Å². The normalized spacial score (nSPS) is 24.9. The van der Waals surface area contributed by atoms with Crippen LogP contribution in [0.25, 0.3) is 0 Å². The lowest BCUT2D eigenvalue weighted by Gasteiger charge is -2.23. The molecule has 0 amide bonds. The van der Waals surface area contributed by atoms with E-state index in [4.69, 9.17) is 6.42 Å². The molecule has 0 spiro atoms. The molecule has 0 aromatic carbocycles. The van der Waals surface area contributed by atoms with Gasteiger partial charge in [-0.3, -0.25) is 0 Å². The van der Waals surface area contributed by atoms with Gasteiger partial charge in [-0.05, 0) is 25.7 Å². The minimum absolute atomic E-state index is 0.684. The van der Waals surface area contributed by atoms with E-state index in [1.54, 1.807) is 0 Å². The third-order valence-electron chi connectivity index (χ3n) is 1.92. The fraction of sp³-hybridized carbons (Fsp3) is 0.750. The molecular formula is C8H11O. The quantitative estimate of drug-likeness (QED) is 0.437. The maximum Gasteiger partial charge on any atom is 0.163 e. The zero-order valence-electron chi connectivity index (χ0n) is 5.52. The predicted octanol–water partition coefficient (Wildman–Crippen LogP) is 1.75. The Kier molecular flexibility index (Phi) is 1.78. The van der Waals surface area contributed by atoms with Crippen molar-refractivity contribution in [1.82, 2.24) is 0 Å². The second-order valence-electron chi connectivity index (χ2n) is 2.70. The summed E-state index contributed by atoms with van der Waals surface area (Å²) in [6.07, 6.45) is 9.67. The zero-order chi connectivity index (χ0) is 6.74. The molecule has 1 heteroatoms. The van der Waals surface area contributed by atoms with Gasteiger partial charge < -0.3 is 0 Å². The smallest absolute Gasteiger partial charge is 0.163 e. The lowest BCUT2D eigenvalue weighted by molar-refractivity contribution is -0.00711. The third kappa shape index (κ3) is 1.46. The van der Waals surface area contributed by atoms with Crippen LogP contribution in [0.3, 0.4) is 0 Å². The largest absolute Gasteiger partial charge is 0.215 e. The minimum Gasteiger partial charge on any atom is -0.215 e. The summed E-state index contributed by atoms with van der Waals surface area (Å²) < 4.78 is 0. The van der Waals surface area contributed by atoms with Gasteiger partial charge in [0.2, 0.25) is 0 Å². The fourth-order valence-electron chi connectivity index (χ4n) is 1.27. The summed E-state index contributed by atoms with van der Waals surface area (Å²) in [7, 11) is 0. The van der Waals surface area contributed by atoms with Crippen LogP contribution < -0.4 is 0 Å². The van der Waals surface area contributed by atoms with E-state index in [9.17, 15) is 5.11 Å².